The van der Waals surface area contributed by atoms with Crippen molar-refractivity contribution in [1.82, 2.24) is 79.1 Å². The van der Waals surface area contributed by atoms with Crippen LogP contribution in [0.25, 0.3) is 0 Å². The Balaban J connectivity index is 2.56. The minimum atomic E-state index is -1.81. The number of aromatic amines is 1. The van der Waals surface area contributed by atoms with Crippen LogP contribution >= 0.6 is 0 Å². The number of nitrogens with zero attached hydrogens (tertiary/aromatic N) is 1. The molecule has 0 spiro atoms. The van der Waals surface area contributed by atoms with Crippen LogP contribution in [-0.2, 0) is 83.1 Å². The molecular weight excluding hydrogens is 1340 g/mol. The standard InChI is InChI=1S/C67H115N19O17/c1-10-13-20-42(59(95)81-47(25-27-53(90)91)63(99)86-55(38(7)12-3)67(103)85-54(56(71)92)37(6)11-2)78-64(100)48(31-36(4)5)83-61(97)44(22-15-18-29-69)77-60(96)43(21-14-17-28-68)80-66(102)50(33-51(70)88)84-62(98)45-23-16-19-30-73-52(89)26-24-46(76-40(9)87)58(94)75-39(8)57(93)82-49(65(101)79-45)32-41-34-72-35-74-41/h34-39,42-50,54-55H,10-33,68-69H2,1-9H3,(H2,70,88)(H2,71,92)(H,72,74)(H,73,89)(H,75,94)(H,76,87)(H,77,96)(H,78,100)(H,79,101)(H,80,102)(H,81,95)(H,82,93)(H,83,97)(H,84,98)(H,85,103)(H,86,99)(H,90,91)/t37-,38-,39-,42-,43-,44-,45-,46-,47-,48-,49-,50-,54-,55-/m0/s1. The van der Waals surface area contributed by atoms with E-state index in [1.165, 1.54) is 26.4 Å². The molecule has 0 saturated carbocycles. The summed E-state index contributed by atoms with van der Waals surface area (Å²) in [7, 11) is 0. The molecule has 1 aliphatic heterocycles. The van der Waals surface area contributed by atoms with Crippen molar-refractivity contribution >= 4 is 94.6 Å². The van der Waals surface area contributed by atoms with Gasteiger partial charge in [0.1, 0.15) is 72.5 Å². The number of hydrogen-bond donors (Lipinski definition) is 19. The van der Waals surface area contributed by atoms with Gasteiger partial charge >= 0.3 is 5.97 Å². The van der Waals surface area contributed by atoms with E-state index < -0.39 is 192 Å². The van der Waals surface area contributed by atoms with Crippen molar-refractivity contribution in [2.45, 2.75) is 270 Å². The number of nitrogens with one attached hydrogen (secondary N) is 14. The lowest BCUT2D eigenvalue weighted by Gasteiger charge is -2.30. The van der Waals surface area contributed by atoms with Gasteiger partial charge in [-0.3, -0.25) is 76.7 Å². The number of H-pyrrole nitrogens is 1. The minimum Gasteiger partial charge on any atom is -0.481 e. The molecule has 14 atom stereocenters. The molecule has 36 nitrogen and oxygen atoms in total. The highest BCUT2D eigenvalue weighted by atomic mass is 16.4. The van der Waals surface area contributed by atoms with Gasteiger partial charge < -0.3 is 102 Å². The van der Waals surface area contributed by atoms with Crippen LogP contribution in [0, 0.1) is 17.8 Å². The number of carbonyl (C=O) groups excluding carboxylic acids is 15. The van der Waals surface area contributed by atoms with Gasteiger partial charge in [0.25, 0.3) is 0 Å². The summed E-state index contributed by atoms with van der Waals surface area (Å²) in [6, 6.07) is -16.8. The molecule has 23 N–H and O–H groups in total. The van der Waals surface area contributed by atoms with Gasteiger partial charge in [-0.05, 0) is 121 Å². The van der Waals surface area contributed by atoms with Gasteiger partial charge in [0.2, 0.25) is 88.6 Å². The molecule has 2 heterocycles. The average molecular weight is 1460 g/mol. The second-order valence-corrected chi connectivity index (χ2v) is 26.7. The third-order valence-corrected chi connectivity index (χ3v) is 17.5. The first-order valence-electron chi connectivity index (χ1n) is 35.7. The fourth-order valence-electron chi connectivity index (χ4n) is 11.0. The maximum Gasteiger partial charge on any atom is 0.303 e. The number of primary amides is 2. The van der Waals surface area contributed by atoms with Crippen molar-refractivity contribution in [1.29, 1.82) is 0 Å². The van der Waals surface area contributed by atoms with E-state index in [1.807, 2.05) is 6.92 Å². The van der Waals surface area contributed by atoms with Gasteiger partial charge in [-0.1, -0.05) is 74.1 Å². The fourth-order valence-corrected chi connectivity index (χ4v) is 11.0. The van der Waals surface area contributed by atoms with Crippen molar-refractivity contribution in [2.24, 2.45) is 40.7 Å². The topological polar surface area (TPSA) is 582 Å². The summed E-state index contributed by atoms with van der Waals surface area (Å²) in [5, 5.41) is 43.5. The molecule has 1 aromatic heterocycles. The first kappa shape index (κ1) is 89.7. The zero-order valence-electron chi connectivity index (χ0n) is 61.0. The second kappa shape index (κ2) is 47.8. The van der Waals surface area contributed by atoms with Gasteiger partial charge in [-0.25, -0.2) is 4.98 Å². The number of carboxylic acids is 1. The number of carboxylic acid groups (broad SMARTS) is 1. The van der Waals surface area contributed by atoms with Crippen LogP contribution in [0.2, 0.25) is 0 Å². The zero-order chi connectivity index (χ0) is 77.5. The number of aromatic nitrogens is 2. The predicted molar refractivity (Wildman–Crippen MR) is 376 cm³/mol. The summed E-state index contributed by atoms with van der Waals surface area (Å²) in [6.45, 7) is 15.2. The number of carbonyl (C=O) groups is 16. The Morgan fingerprint density at radius 3 is 1.60 bits per heavy atom. The van der Waals surface area contributed by atoms with Gasteiger partial charge in [0.05, 0.1) is 12.7 Å². The molecule has 15 amide bonds. The molecule has 0 unspecified atom stereocenters. The number of amides is 15. The Labute approximate surface area is 601 Å². The Morgan fingerprint density at radius 1 is 0.592 bits per heavy atom. The molecule has 2 rings (SSSR count). The molecule has 36 heteroatoms. The normalized spacial score (nSPS) is 19.2. The van der Waals surface area contributed by atoms with E-state index in [0.717, 1.165) is 0 Å². The van der Waals surface area contributed by atoms with Crippen LogP contribution in [0.15, 0.2) is 12.5 Å². The summed E-state index contributed by atoms with van der Waals surface area (Å²) in [6.07, 6.45) is 3.27. The van der Waals surface area contributed by atoms with Crippen LogP contribution in [-0.4, -0.2) is 202 Å². The third kappa shape index (κ3) is 34.0. The van der Waals surface area contributed by atoms with Crippen molar-refractivity contribution < 1.29 is 81.8 Å². The lowest BCUT2D eigenvalue weighted by atomic mass is 9.94. The SMILES string of the molecule is CCCC[C@H](NC(=O)[C@H](CC(C)C)NC(=O)[C@H](CCCCN)NC(=O)[C@H](CCCCN)NC(=O)[C@H](CC(N)=O)NC(=O)[C@@H]1CCCCNC(=O)CC[C@H](NC(C)=O)C(=O)N[C@@H](C)C(=O)N[C@@H](Cc2cnc[nH]2)C(=O)N1)C(=O)N[C@@H](CCC(=O)O)C(=O)N[C@H](C(=O)N[C@H](C(N)=O)[C@@H](C)CC)[C@@H](C)CC. The van der Waals surface area contributed by atoms with Crippen LogP contribution in [0.4, 0.5) is 0 Å². The monoisotopic (exact) mass is 1460 g/mol. The summed E-state index contributed by atoms with van der Waals surface area (Å²) >= 11 is 0. The van der Waals surface area contributed by atoms with Gasteiger partial charge in [0, 0.05) is 44.6 Å². The summed E-state index contributed by atoms with van der Waals surface area (Å²) < 4.78 is 0. The van der Waals surface area contributed by atoms with Gasteiger partial charge in [-0.15, -0.1) is 0 Å². The number of hydrogen-bond acceptors (Lipinski definition) is 19. The van der Waals surface area contributed by atoms with E-state index >= 15 is 0 Å². The highest BCUT2D eigenvalue weighted by Gasteiger charge is 2.38. The van der Waals surface area contributed by atoms with Crippen molar-refractivity contribution in [3.63, 3.8) is 0 Å². The molecule has 1 aliphatic rings. The molecule has 1 fully saturated rings. The molecule has 1 saturated heterocycles. The maximum atomic E-state index is 14.6. The Morgan fingerprint density at radius 2 is 1.11 bits per heavy atom. The fraction of sp³-hybridized carbons (Fsp3) is 0.716. The number of imidazole rings is 1. The smallest absolute Gasteiger partial charge is 0.303 e. The molecule has 580 valence electrons. The molecule has 0 radical (unpaired) electrons. The van der Waals surface area contributed by atoms with Crippen molar-refractivity contribution in [3.05, 3.63) is 18.2 Å². The highest BCUT2D eigenvalue weighted by Crippen LogP contribution is 2.16. The Hall–Kier alpha value is -9.35. The average Bonchev–Trinajstić information content (AvgIpc) is 1.34. The lowest BCUT2D eigenvalue weighted by molar-refractivity contribution is -0.139. The summed E-state index contributed by atoms with van der Waals surface area (Å²) in [5.74, 6) is -15.3. The highest BCUT2D eigenvalue weighted by molar-refractivity contribution is 6.00. The van der Waals surface area contributed by atoms with Crippen LogP contribution in [0.3, 0.4) is 0 Å². The van der Waals surface area contributed by atoms with E-state index in [0.29, 0.717) is 44.2 Å². The molecular formula is C67H115N19O17. The van der Waals surface area contributed by atoms with Gasteiger partial charge in [0.15, 0.2) is 0 Å². The minimum absolute atomic E-state index is 0.00707. The van der Waals surface area contributed by atoms with E-state index in [4.69, 9.17) is 22.9 Å². The second-order valence-electron chi connectivity index (χ2n) is 26.7. The van der Waals surface area contributed by atoms with Crippen LogP contribution < -0.4 is 92.1 Å². The number of unbranched alkanes of at least 4 members (excludes halogenated alkanes) is 3. The third-order valence-electron chi connectivity index (χ3n) is 17.5. The number of aliphatic carboxylic acids is 1. The number of rotatable bonds is 42. The molecule has 0 aromatic carbocycles. The van der Waals surface area contributed by atoms with Crippen molar-refractivity contribution in [2.75, 3.05) is 19.6 Å². The van der Waals surface area contributed by atoms with Crippen LogP contribution in [0.5, 0.6) is 0 Å². The largest absolute Gasteiger partial charge is 0.481 e. The van der Waals surface area contributed by atoms with Crippen LogP contribution in [0.1, 0.15) is 196 Å². The Kier molecular flexibility index (Phi) is 41.6. The summed E-state index contributed by atoms with van der Waals surface area (Å²) in [5.41, 5.74) is 23.3. The molecule has 0 aliphatic carbocycles. The summed E-state index contributed by atoms with van der Waals surface area (Å²) in [4.78, 5) is 225. The first-order chi connectivity index (χ1) is 48.7. The molecule has 103 heavy (non-hydrogen) atoms. The van der Waals surface area contributed by atoms with E-state index in [2.05, 4.69) is 79.1 Å². The first-order valence-corrected chi connectivity index (χ1v) is 35.7. The van der Waals surface area contributed by atoms with E-state index in [-0.39, 0.29) is 109 Å². The predicted octanol–water partition coefficient (Wildman–Crippen LogP) is -3.30. The Bertz CT molecular complexity index is 2990. The molecule has 0 bridgehead atoms. The molecule has 1 aromatic rings. The maximum absolute atomic E-state index is 14.6. The van der Waals surface area contributed by atoms with E-state index in [1.54, 1.807) is 41.5 Å². The lowest BCUT2D eigenvalue weighted by Crippen LogP contribution is -2.61. The van der Waals surface area contributed by atoms with Crippen molar-refractivity contribution in [3.8, 4) is 0 Å². The zero-order valence-corrected chi connectivity index (χ0v) is 61.0. The number of nitrogens with two attached hydrogens (primary N) is 4. The van der Waals surface area contributed by atoms with Gasteiger partial charge in [-0.2, -0.15) is 0 Å². The quantitative estimate of drug-likeness (QED) is 0.0285. The van der Waals surface area contributed by atoms with E-state index in [9.17, 15) is 81.8 Å².